The lowest BCUT2D eigenvalue weighted by Gasteiger charge is -2.10. The van der Waals surface area contributed by atoms with Crippen LogP contribution in [-0.4, -0.2) is 27.9 Å². The minimum absolute atomic E-state index is 0.0308. The molecule has 7 heteroatoms. The molecule has 0 saturated heterocycles. The summed E-state index contributed by atoms with van der Waals surface area (Å²) in [6.45, 7) is 8.22. The lowest BCUT2D eigenvalue weighted by atomic mass is 10.1. The molecule has 124 valence electrons. The maximum Gasteiger partial charge on any atom is 0.230 e. The molecule has 2 aromatic rings. The van der Waals surface area contributed by atoms with E-state index in [1.807, 2.05) is 19.9 Å². The molecule has 0 fully saturated rings. The molecule has 1 heterocycles. The first-order chi connectivity index (χ1) is 11.0. The van der Waals surface area contributed by atoms with Crippen LogP contribution in [0, 0.1) is 13.8 Å². The van der Waals surface area contributed by atoms with Crippen LogP contribution in [0.25, 0.3) is 0 Å². The van der Waals surface area contributed by atoms with Crippen molar-refractivity contribution in [2.75, 3.05) is 11.1 Å². The summed E-state index contributed by atoms with van der Waals surface area (Å²) in [6.07, 6.45) is 0.930. The average Bonchev–Trinajstić information content (AvgIpc) is 2.96. The first-order valence-corrected chi connectivity index (χ1v) is 9.38. The van der Waals surface area contributed by atoms with E-state index in [9.17, 15) is 4.79 Å². The molecule has 0 bridgehead atoms. The highest BCUT2D eigenvalue weighted by molar-refractivity contribution is 8.01. The number of rotatable bonds is 7. The fourth-order valence-electron chi connectivity index (χ4n) is 1.81. The zero-order chi connectivity index (χ0) is 16.8. The van der Waals surface area contributed by atoms with Crippen LogP contribution in [0.15, 0.2) is 22.5 Å². The topological polar surface area (TPSA) is 66.9 Å². The molecule has 0 unspecified atom stereocenters. The molecule has 0 aliphatic heterocycles. The fourth-order valence-corrected chi connectivity index (χ4v) is 3.39. The Morgan fingerprint density at radius 2 is 2.09 bits per heavy atom. The van der Waals surface area contributed by atoms with Crippen molar-refractivity contribution in [3.8, 4) is 0 Å². The van der Waals surface area contributed by atoms with Crippen molar-refractivity contribution in [3.63, 3.8) is 0 Å². The molecule has 1 atom stereocenters. The number of aryl methyl sites for hydroxylation is 2. The van der Waals surface area contributed by atoms with Crippen LogP contribution >= 0.6 is 23.1 Å². The average molecular weight is 351 g/mol. The van der Waals surface area contributed by atoms with Gasteiger partial charge in [0.25, 0.3) is 0 Å². The second kappa shape index (κ2) is 8.31. The van der Waals surface area contributed by atoms with Gasteiger partial charge >= 0.3 is 0 Å². The predicted octanol–water partition coefficient (Wildman–Crippen LogP) is 3.91. The Balaban J connectivity index is 1.88. The maximum absolute atomic E-state index is 11.8. The monoisotopic (exact) mass is 350 g/mol. The standard InChI is InChI=1S/C16H22N4OS2/c1-5-12(4)17-14(21)9-22-16-20-19-15(23-16)18-13-7-6-10(2)11(3)8-13/h6-8,12H,5,9H2,1-4H3,(H,17,21)(H,18,19)/t12-/m0/s1. The SMILES string of the molecule is CC[C@H](C)NC(=O)CSc1nnc(Nc2ccc(C)c(C)c2)s1. The zero-order valence-electron chi connectivity index (χ0n) is 13.8. The van der Waals surface area contributed by atoms with E-state index in [1.165, 1.54) is 34.2 Å². The van der Waals surface area contributed by atoms with Crippen molar-refractivity contribution >= 4 is 39.8 Å². The second-order valence-corrected chi connectivity index (χ2v) is 7.66. The Bertz CT molecular complexity index is 672. The smallest absolute Gasteiger partial charge is 0.230 e. The van der Waals surface area contributed by atoms with Gasteiger partial charge in [0.2, 0.25) is 11.0 Å². The number of hydrogen-bond donors (Lipinski definition) is 2. The summed E-state index contributed by atoms with van der Waals surface area (Å²) in [4.78, 5) is 11.8. The molecule has 23 heavy (non-hydrogen) atoms. The number of carbonyl (C=O) groups excluding carboxylic acids is 1. The van der Waals surface area contributed by atoms with E-state index in [1.54, 1.807) is 0 Å². The number of anilines is 2. The van der Waals surface area contributed by atoms with Gasteiger partial charge in [-0.05, 0) is 50.5 Å². The van der Waals surface area contributed by atoms with Crippen LogP contribution in [0.4, 0.5) is 10.8 Å². The van der Waals surface area contributed by atoms with Gasteiger partial charge in [0.1, 0.15) is 0 Å². The third-order valence-electron chi connectivity index (χ3n) is 3.51. The molecular formula is C16H22N4OS2. The molecule has 1 aromatic carbocycles. The van der Waals surface area contributed by atoms with Gasteiger partial charge in [-0.15, -0.1) is 10.2 Å². The first kappa shape index (κ1) is 17.7. The van der Waals surface area contributed by atoms with Gasteiger partial charge in [-0.25, -0.2) is 0 Å². The Morgan fingerprint density at radius 3 is 2.78 bits per heavy atom. The van der Waals surface area contributed by atoms with Crippen molar-refractivity contribution in [3.05, 3.63) is 29.3 Å². The van der Waals surface area contributed by atoms with E-state index in [0.717, 1.165) is 21.6 Å². The summed E-state index contributed by atoms with van der Waals surface area (Å²) < 4.78 is 0.788. The normalized spacial score (nSPS) is 12.0. The molecule has 0 aliphatic rings. The van der Waals surface area contributed by atoms with Crippen molar-refractivity contribution in [1.29, 1.82) is 0 Å². The summed E-state index contributed by atoms with van der Waals surface area (Å²) in [6, 6.07) is 6.40. The van der Waals surface area contributed by atoms with Gasteiger partial charge in [-0.2, -0.15) is 0 Å². The van der Waals surface area contributed by atoms with Gasteiger partial charge in [-0.3, -0.25) is 4.79 Å². The van der Waals surface area contributed by atoms with Crippen molar-refractivity contribution in [2.45, 2.75) is 44.5 Å². The number of amides is 1. The van der Waals surface area contributed by atoms with Crippen LogP contribution < -0.4 is 10.6 Å². The van der Waals surface area contributed by atoms with E-state index < -0.39 is 0 Å². The van der Waals surface area contributed by atoms with E-state index >= 15 is 0 Å². The minimum atomic E-state index is 0.0308. The minimum Gasteiger partial charge on any atom is -0.353 e. The summed E-state index contributed by atoms with van der Waals surface area (Å²) in [5, 5.41) is 15.2. The molecule has 1 amide bonds. The third-order valence-corrected chi connectivity index (χ3v) is 5.48. The van der Waals surface area contributed by atoms with Crippen LogP contribution in [0.3, 0.4) is 0 Å². The molecule has 2 N–H and O–H groups in total. The number of benzene rings is 1. The number of aromatic nitrogens is 2. The zero-order valence-corrected chi connectivity index (χ0v) is 15.5. The highest BCUT2D eigenvalue weighted by Crippen LogP contribution is 2.28. The summed E-state index contributed by atoms with van der Waals surface area (Å²) in [5.41, 5.74) is 3.49. The van der Waals surface area contributed by atoms with E-state index in [2.05, 4.69) is 46.8 Å². The van der Waals surface area contributed by atoms with Gasteiger partial charge < -0.3 is 10.6 Å². The Morgan fingerprint density at radius 1 is 1.30 bits per heavy atom. The molecule has 0 aliphatic carbocycles. The van der Waals surface area contributed by atoms with Gasteiger partial charge in [0, 0.05) is 11.7 Å². The highest BCUT2D eigenvalue weighted by atomic mass is 32.2. The van der Waals surface area contributed by atoms with Crippen molar-refractivity contribution in [1.82, 2.24) is 15.5 Å². The molecule has 0 spiro atoms. The van der Waals surface area contributed by atoms with Crippen molar-refractivity contribution < 1.29 is 4.79 Å². The molecule has 2 rings (SSSR count). The van der Waals surface area contributed by atoms with Crippen LogP contribution in [0.1, 0.15) is 31.4 Å². The van der Waals surface area contributed by atoms with Crippen LogP contribution in [0.5, 0.6) is 0 Å². The lowest BCUT2D eigenvalue weighted by molar-refractivity contribution is -0.119. The number of nitrogens with zero attached hydrogens (tertiary/aromatic N) is 2. The quantitative estimate of drug-likeness (QED) is 0.741. The second-order valence-electron chi connectivity index (χ2n) is 5.46. The molecule has 5 nitrogen and oxygen atoms in total. The van der Waals surface area contributed by atoms with E-state index in [4.69, 9.17) is 0 Å². The van der Waals surface area contributed by atoms with Crippen LogP contribution in [0.2, 0.25) is 0 Å². The summed E-state index contributed by atoms with van der Waals surface area (Å²) in [7, 11) is 0. The molecular weight excluding hydrogens is 328 g/mol. The van der Waals surface area contributed by atoms with Gasteiger partial charge in [0.15, 0.2) is 4.34 Å². The maximum atomic E-state index is 11.8. The summed E-state index contributed by atoms with van der Waals surface area (Å²) in [5.74, 6) is 0.394. The number of nitrogens with one attached hydrogen (secondary N) is 2. The lowest BCUT2D eigenvalue weighted by Crippen LogP contribution is -2.33. The largest absolute Gasteiger partial charge is 0.353 e. The van der Waals surface area contributed by atoms with E-state index in [-0.39, 0.29) is 11.9 Å². The number of hydrogen-bond acceptors (Lipinski definition) is 6. The predicted molar refractivity (Wildman–Crippen MR) is 97.7 cm³/mol. The van der Waals surface area contributed by atoms with E-state index in [0.29, 0.717) is 5.75 Å². The number of thioether (sulfide) groups is 1. The third kappa shape index (κ3) is 5.51. The van der Waals surface area contributed by atoms with Gasteiger partial charge in [0.05, 0.1) is 5.75 Å². The molecule has 0 radical (unpaired) electrons. The fraction of sp³-hybridized carbons (Fsp3) is 0.438. The Kier molecular flexibility index (Phi) is 6.41. The molecule has 0 saturated carbocycles. The van der Waals surface area contributed by atoms with Gasteiger partial charge in [-0.1, -0.05) is 36.1 Å². The Labute approximate surface area is 145 Å². The first-order valence-electron chi connectivity index (χ1n) is 7.58. The number of carbonyl (C=O) groups is 1. The highest BCUT2D eigenvalue weighted by Gasteiger charge is 2.10. The molecule has 1 aromatic heterocycles. The van der Waals surface area contributed by atoms with Crippen LogP contribution in [-0.2, 0) is 4.79 Å². The summed E-state index contributed by atoms with van der Waals surface area (Å²) >= 11 is 2.86. The van der Waals surface area contributed by atoms with Crippen molar-refractivity contribution in [2.24, 2.45) is 0 Å². The Hall–Kier alpha value is -1.60.